The molecule has 8 heteroatoms. The van der Waals surface area contributed by atoms with Crippen molar-refractivity contribution in [1.29, 1.82) is 0 Å². The number of carbonyl (C=O) groups is 2. The van der Waals surface area contributed by atoms with Crippen molar-refractivity contribution in [2.75, 3.05) is 26.3 Å². The fourth-order valence-corrected chi connectivity index (χ4v) is 4.63. The lowest BCUT2D eigenvalue weighted by atomic mass is 10.1. The first-order chi connectivity index (χ1) is 13.1. The zero-order valence-electron chi connectivity index (χ0n) is 15.1. The van der Waals surface area contributed by atoms with Crippen molar-refractivity contribution in [2.45, 2.75) is 26.1 Å². The summed E-state index contributed by atoms with van der Waals surface area (Å²) < 4.78 is 7.03. The highest BCUT2D eigenvalue weighted by atomic mass is 32.1. The van der Waals surface area contributed by atoms with E-state index in [9.17, 15) is 14.4 Å². The van der Waals surface area contributed by atoms with Gasteiger partial charge in [0.05, 0.1) is 18.9 Å². The van der Waals surface area contributed by atoms with Crippen LogP contribution in [0.1, 0.15) is 11.3 Å². The van der Waals surface area contributed by atoms with Gasteiger partial charge in [0.1, 0.15) is 12.7 Å². The van der Waals surface area contributed by atoms with Crippen LogP contribution in [0.25, 0.3) is 11.3 Å². The fraction of sp³-hybridized carbons (Fsp3) is 0.421. The van der Waals surface area contributed by atoms with Crippen LogP contribution in [0.5, 0.6) is 0 Å². The number of aryl methyl sites for hydroxylation is 1. The summed E-state index contributed by atoms with van der Waals surface area (Å²) in [5, 5.41) is 0. The molecule has 1 aromatic carbocycles. The quantitative estimate of drug-likeness (QED) is 0.796. The number of aromatic nitrogens is 1. The second-order valence-electron chi connectivity index (χ2n) is 6.70. The number of hydrogen-bond donors (Lipinski definition) is 0. The average Bonchev–Trinajstić information content (AvgIpc) is 2.96. The van der Waals surface area contributed by atoms with Gasteiger partial charge in [0.25, 0.3) is 0 Å². The molecule has 0 bridgehead atoms. The molecule has 2 aliphatic rings. The van der Waals surface area contributed by atoms with Crippen molar-refractivity contribution in [2.24, 2.45) is 0 Å². The summed E-state index contributed by atoms with van der Waals surface area (Å²) in [4.78, 5) is 41.8. The predicted octanol–water partition coefficient (Wildman–Crippen LogP) is 1.30. The van der Waals surface area contributed by atoms with Crippen molar-refractivity contribution in [1.82, 2.24) is 14.4 Å². The van der Waals surface area contributed by atoms with E-state index in [4.69, 9.17) is 4.74 Å². The number of hydrogen-bond acceptors (Lipinski definition) is 5. The van der Waals surface area contributed by atoms with Crippen LogP contribution < -0.4 is 4.87 Å². The summed E-state index contributed by atoms with van der Waals surface area (Å²) in [5.41, 5.74) is 1.70. The Morgan fingerprint density at radius 2 is 2.00 bits per heavy atom. The highest BCUT2D eigenvalue weighted by Crippen LogP contribution is 2.26. The lowest BCUT2D eigenvalue weighted by Crippen LogP contribution is -2.63. The summed E-state index contributed by atoms with van der Waals surface area (Å²) in [7, 11) is 0. The van der Waals surface area contributed by atoms with Gasteiger partial charge in [-0.15, -0.1) is 0 Å². The molecule has 4 rings (SSSR count). The minimum absolute atomic E-state index is 0.0358. The molecule has 0 radical (unpaired) electrons. The van der Waals surface area contributed by atoms with E-state index in [0.29, 0.717) is 32.7 Å². The number of rotatable bonds is 3. The van der Waals surface area contributed by atoms with E-state index in [-0.39, 0.29) is 29.4 Å². The Morgan fingerprint density at radius 1 is 1.22 bits per heavy atom. The van der Waals surface area contributed by atoms with Gasteiger partial charge in [-0.3, -0.25) is 19.0 Å². The Morgan fingerprint density at radius 3 is 2.78 bits per heavy atom. The van der Waals surface area contributed by atoms with Gasteiger partial charge < -0.3 is 14.5 Å². The number of fused-ring (bicyclic) bond motifs is 1. The third-order valence-corrected chi connectivity index (χ3v) is 5.97. The summed E-state index contributed by atoms with van der Waals surface area (Å²) in [6.07, 6.45) is -0.0613. The SMILES string of the molecule is Cc1sc(=O)n(CC(=O)N2CCC(=O)N3CCOCC32)c1-c1ccccc1. The highest BCUT2D eigenvalue weighted by molar-refractivity contribution is 7.09. The second-order valence-corrected chi connectivity index (χ2v) is 7.87. The Kier molecular flexibility index (Phi) is 4.84. The Hall–Kier alpha value is -2.45. The van der Waals surface area contributed by atoms with Crippen LogP contribution >= 0.6 is 11.3 Å². The molecule has 2 saturated heterocycles. The maximum absolute atomic E-state index is 13.1. The lowest BCUT2D eigenvalue weighted by Gasteiger charge is -2.45. The third-order valence-electron chi connectivity index (χ3n) is 5.08. The van der Waals surface area contributed by atoms with Crippen LogP contribution in [-0.2, 0) is 20.9 Å². The number of morpholine rings is 1. The molecular formula is C19H21N3O4S. The number of ether oxygens (including phenoxy) is 1. The first-order valence-corrected chi connectivity index (χ1v) is 9.80. The predicted molar refractivity (Wildman–Crippen MR) is 101 cm³/mol. The van der Waals surface area contributed by atoms with Crippen LogP contribution in [0.15, 0.2) is 35.1 Å². The standard InChI is InChI=1S/C19H21N3O4S/c1-13-18(14-5-3-2-4-6-14)22(19(25)27-13)11-17(24)20-8-7-16(23)21-9-10-26-12-15(20)21/h2-6,15H,7-12H2,1H3. The second kappa shape index (κ2) is 7.28. The van der Waals surface area contributed by atoms with Gasteiger partial charge in [0.15, 0.2) is 0 Å². The number of carbonyl (C=O) groups excluding carboxylic acids is 2. The number of benzene rings is 1. The van der Waals surface area contributed by atoms with E-state index in [0.717, 1.165) is 27.5 Å². The number of amides is 2. The first-order valence-electron chi connectivity index (χ1n) is 8.98. The summed E-state index contributed by atoms with van der Waals surface area (Å²) >= 11 is 1.15. The molecule has 0 saturated carbocycles. The minimum Gasteiger partial charge on any atom is -0.376 e. The average molecular weight is 387 g/mol. The smallest absolute Gasteiger partial charge is 0.308 e. The Labute approximate surface area is 160 Å². The van der Waals surface area contributed by atoms with Crippen molar-refractivity contribution in [3.05, 3.63) is 44.9 Å². The molecule has 1 unspecified atom stereocenters. The minimum atomic E-state index is -0.372. The van der Waals surface area contributed by atoms with E-state index < -0.39 is 0 Å². The molecule has 0 spiro atoms. The van der Waals surface area contributed by atoms with Crippen LogP contribution in [0.4, 0.5) is 0 Å². The zero-order valence-corrected chi connectivity index (χ0v) is 15.9. The van der Waals surface area contributed by atoms with Crippen molar-refractivity contribution >= 4 is 23.2 Å². The van der Waals surface area contributed by atoms with Gasteiger partial charge in [-0.1, -0.05) is 41.7 Å². The first kappa shape index (κ1) is 17.9. The van der Waals surface area contributed by atoms with E-state index in [1.54, 1.807) is 14.4 Å². The summed E-state index contributed by atoms with van der Waals surface area (Å²) in [5.74, 6) is -0.110. The third kappa shape index (κ3) is 3.30. The van der Waals surface area contributed by atoms with Crippen molar-refractivity contribution in [3.63, 3.8) is 0 Å². The van der Waals surface area contributed by atoms with Crippen LogP contribution in [0, 0.1) is 6.92 Å². The van der Waals surface area contributed by atoms with Crippen LogP contribution in [-0.4, -0.2) is 58.7 Å². The molecule has 2 amide bonds. The van der Waals surface area contributed by atoms with Gasteiger partial charge in [0.2, 0.25) is 11.8 Å². The lowest BCUT2D eigenvalue weighted by molar-refractivity contribution is -0.166. The van der Waals surface area contributed by atoms with E-state index >= 15 is 0 Å². The van der Waals surface area contributed by atoms with Gasteiger partial charge in [-0.05, 0) is 12.5 Å². The van der Waals surface area contributed by atoms with Gasteiger partial charge in [0, 0.05) is 24.4 Å². The zero-order chi connectivity index (χ0) is 19.0. The topological polar surface area (TPSA) is 71.9 Å². The highest BCUT2D eigenvalue weighted by Gasteiger charge is 2.38. The Bertz CT molecular complexity index is 921. The van der Waals surface area contributed by atoms with Crippen molar-refractivity contribution < 1.29 is 14.3 Å². The molecule has 2 aliphatic heterocycles. The molecule has 1 aromatic heterocycles. The van der Waals surface area contributed by atoms with Crippen LogP contribution in [0.3, 0.4) is 0 Å². The number of nitrogens with zero attached hydrogens (tertiary/aromatic N) is 3. The maximum atomic E-state index is 13.1. The Balaban J connectivity index is 1.62. The molecule has 2 aromatic rings. The molecule has 0 aliphatic carbocycles. The van der Waals surface area contributed by atoms with Crippen molar-refractivity contribution in [3.8, 4) is 11.3 Å². The summed E-state index contributed by atoms with van der Waals surface area (Å²) in [6.45, 7) is 3.53. The van der Waals surface area contributed by atoms with E-state index in [2.05, 4.69) is 0 Å². The normalized spacial score (nSPS) is 19.9. The van der Waals surface area contributed by atoms with E-state index in [1.165, 1.54) is 0 Å². The molecule has 3 heterocycles. The molecule has 7 nitrogen and oxygen atoms in total. The van der Waals surface area contributed by atoms with Gasteiger partial charge in [-0.25, -0.2) is 0 Å². The molecule has 0 N–H and O–H groups in total. The van der Waals surface area contributed by atoms with Gasteiger partial charge >= 0.3 is 4.87 Å². The molecule has 1 atom stereocenters. The molecule has 27 heavy (non-hydrogen) atoms. The van der Waals surface area contributed by atoms with Gasteiger partial charge in [-0.2, -0.15) is 0 Å². The van der Waals surface area contributed by atoms with Crippen LogP contribution in [0.2, 0.25) is 0 Å². The largest absolute Gasteiger partial charge is 0.376 e. The molecule has 142 valence electrons. The molecular weight excluding hydrogens is 366 g/mol. The monoisotopic (exact) mass is 387 g/mol. The molecule has 2 fully saturated rings. The summed E-state index contributed by atoms with van der Waals surface area (Å²) in [6, 6.07) is 9.62. The van der Waals surface area contributed by atoms with E-state index in [1.807, 2.05) is 37.3 Å². The number of thiazole rings is 1. The fourth-order valence-electron chi connectivity index (χ4n) is 3.78. The maximum Gasteiger partial charge on any atom is 0.308 e.